The van der Waals surface area contributed by atoms with Crippen LogP contribution in [-0.2, 0) is 16.0 Å². The number of carbonyl (C=O) groups excluding carboxylic acids is 2. The van der Waals surface area contributed by atoms with Gasteiger partial charge >= 0.3 is 12.1 Å². The summed E-state index contributed by atoms with van der Waals surface area (Å²) in [5.74, 6) is -6.33. The van der Waals surface area contributed by atoms with Crippen LogP contribution in [0.5, 0.6) is 0 Å². The molecule has 0 radical (unpaired) electrons. The number of amides is 1. The molecule has 1 heterocycles. The first kappa shape index (κ1) is 34.7. The number of methoxy groups -OCH3 is 1. The molecule has 2 N–H and O–H groups in total. The molecule has 0 saturated carbocycles. The normalized spacial score (nSPS) is 12.6. The smallest absolute Gasteiger partial charge is 0.412 e. The van der Waals surface area contributed by atoms with Crippen LogP contribution in [0.3, 0.4) is 0 Å². The summed E-state index contributed by atoms with van der Waals surface area (Å²) in [7, 11) is 1.05. The van der Waals surface area contributed by atoms with Crippen molar-refractivity contribution in [3.63, 3.8) is 0 Å². The fraction of sp³-hybridized carbons (Fsp3) is 0.143. The van der Waals surface area contributed by atoms with Crippen molar-refractivity contribution < 1.29 is 40.7 Å². The Balaban J connectivity index is 1.43. The number of fused-ring (bicyclic) bond motifs is 1. The maximum atomic E-state index is 15.2. The molecule has 5 aromatic rings. The summed E-state index contributed by atoms with van der Waals surface area (Å²) in [6, 6.07) is 14.0. The highest BCUT2D eigenvalue weighted by molar-refractivity contribution is 6.33. The second kappa shape index (κ2) is 14.2. The van der Waals surface area contributed by atoms with Crippen molar-refractivity contribution in [2.45, 2.75) is 24.7 Å². The summed E-state index contributed by atoms with van der Waals surface area (Å²) >= 11 is 6.44. The fourth-order valence-electron chi connectivity index (χ4n) is 5.30. The fourth-order valence-corrected chi connectivity index (χ4v) is 5.58. The maximum Gasteiger partial charge on any atom is 0.412 e. The molecule has 1 amide bonds. The molecule has 2 atom stereocenters. The number of pyridine rings is 1. The van der Waals surface area contributed by atoms with Gasteiger partial charge in [-0.05, 0) is 53.6 Å². The number of hydrogen-bond acceptors (Lipinski definition) is 6. The van der Waals surface area contributed by atoms with Crippen LogP contribution in [0.4, 0.5) is 32.0 Å². The number of ether oxygens (including phenoxy) is 1. The average Bonchev–Trinajstić information content (AvgIpc) is 3.06. The minimum Gasteiger partial charge on any atom is -0.467 e. The second-order valence-electron chi connectivity index (χ2n) is 10.7. The molecule has 0 aliphatic rings. The summed E-state index contributed by atoms with van der Waals surface area (Å²) in [4.78, 5) is 30.4. The van der Waals surface area contributed by atoms with Crippen molar-refractivity contribution in [2.75, 3.05) is 12.4 Å². The Morgan fingerprint density at radius 1 is 0.959 bits per heavy atom. The van der Waals surface area contributed by atoms with E-state index in [4.69, 9.17) is 16.3 Å². The highest BCUT2D eigenvalue weighted by Gasteiger charge is 2.41. The van der Waals surface area contributed by atoms with Crippen molar-refractivity contribution in [3.8, 4) is 17.2 Å². The molecule has 0 bridgehead atoms. The van der Waals surface area contributed by atoms with Crippen LogP contribution in [0, 0.1) is 28.8 Å². The van der Waals surface area contributed by atoms with Gasteiger partial charge in [0, 0.05) is 39.8 Å². The number of hydrogen-bond donors (Lipinski definition) is 2. The average molecular weight is 697 g/mol. The number of nitriles is 1. The summed E-state index contributed by atoms with van der Waals surface area (Å²) in [6.07, 6.45) is -3.67. The van der Waals surface area contributed by atoms with Gasteiger partial charge in [-0.25, -0.2) is 18.0 Å². The molecule has 0 aliphatic carbocycles. The van der Waals surface area contributed by atoms with Gasteiger partial charge in [0.15, 0.2) is 0 Å². The summed E-state index contributed by atoms with van der Waals surface area (Å²) in [5, 5.41) is 14.2. The quantitative estimate of drug-likeness (QED) is 0.119. The molecule has 1 aromatic heterocycles. The first-order valence-electron chi connectivity index (χ1n) is 14.3. The topological polar surface area (TPSA) is 104 Å². The third-order valence-corrected chi connectivity index (χ3v) is 7.87. The zero-order chi connectivity index (χ0) is 35.5. The first-order valence-corrected chi connectivity index (χ1v) is 14.7. The Kier molecular flexibility index (Phi) is 10.1. The number of aromatic nitrogens is 1. The van der Waals surface area contributed by atoms with Crippen LogP contribution in [0.15, 0.2) is 85.1 Å². The molecule has 0 fully saturated rings. The zero-order valence-electron chi connectivity index (χ0n) is 25.2. The standard InChI is InChI=1S/C35H23ClF6N4O3/c1-49-34(48)29(14-19-8-10-25(31-23(19)6-3-11-44-31)24-9-7-18(17-43)12-26(24)36)46-33(47)30-27(38)15-22(16-28(30)39)45-32(35(40,41)42)20-4-2-5-21(37)13-20/h2-13,15-16,29,32,45H,14H2,1H3,(H,46,47)/t29-,32+/m0/s1. The molecule has 7 nitrogen and oxygen atoms in total. The summed E-state index contributed by atoms with van der Waals surface area (Å²) < 4.78 is 90.3. The van der Waals surface area contributed by atoms with Crippen molar-refractivity contribution in [2.24, 2.45) is 0 Å². The van der Waals surface area contributed by atoms with Crippen molar-refractivity contribution in [3.05, 3.63) is 130 Å². The number of benzene rings is 4. The maximum absolute atomic E-state index is 15.2. The predicted molar refractivity (Wildman–Crippen MR) is 169 cm³/mol. The van der Waals surface area contributed by atoms with E-state index in [0.717, 1.165) is 25.3 Å². The van der Waals surface area contributed by atoms with E-state index in [1.807, 2.05) is 11.4 Å². The van der Waals surface area contributed by atoms with Crippen LogP contribution in [0.1, 0.15) is 33.1 Å². The van der Waals surface area contributed by atoms with Gasteiger partial charge in [-0.1, -0.05) is 48.0 Å². The highest BCUT2D eigenvalue weighted by atomic mass is 35.5. The molecule has 4 aromatic carbocycles. The molecule has 0 aliphatic heterocycles. The minimum absolute atomic E-state index is 0.217. The lowest BCUT2D eigenvalue weighted by Crippen LogP contribution is -2.43. The van der Waals surface area contributed by atoms with Gasteiger partial charge in [0.05, 0.1) is 24.3 Å². The first-order chi connectivity index (χ1) is 23.3. The Labute approximate surface area is 280 Å². The van der Waals surface area contributed by atoms with Crippen LogP contribution in [0.25, 0.3) is 22.0 Å². The van der Waals surface area contributed by atoms with Crippen LogP contribution < -0.4 is 10.6 Å². The minimum atomic E-state index is -4.99. The number of carbonyl (C=O) groups is 2. The van der Waals surface area contributed by atoms with E-state index in [1.165, 1.54) is 12.3 Å². The number of nitrogens with zero attached hydrogens (tertiary/aromatic N) is 2. The van der Waals surface area contributed by atoms with E-state index in [9.17, 15) is 32.4 Å². The van der Waals surface area contributed by atoms with Gasteiger partial charge in [-0.2, -0.15) is 18.4 Å². The van der Waals surface area contributed by atoms with Crippen LogP contribution in [0.2, 0.25) is 5.02 Å². The van der Waals surface area contributed by atoms with Crippen LogP contribution >= 0.6 is 11.6 Å². The van der Waals surface area contributed by atoms with Gasteiger partial charge in [0.2, 0.25) is 0 Å². The number of esters is 1. The van der Waals surface area contributed by atoms with Gasteiger partial charge in [0.1, 0.15) is 35.1 Å². The molecule has 0 saturated heterocycles. The lowest BCUT2D eigenvalue weighted by molar-refractivity contribution is -0.144. The van der Waals surface area contributed by atoms with E-state index >= 15 is 8.78 Å². The SMILES string of the molecule is COC(=O)[C@H](Cc1ccc(-c2ccc(C#N)cc2Cl)c2ncccc12)NC(=O)c1c(F)cc(N[C@H](c2cccc(F)c2)C(F)(F)F)cc1F. The van der Waals surface area contributed by atoms with Gasteiger partial charge < -0.3 is 15.4 Å². The molecule has 5 rings (SSSR count). The van der Waals surface area contributed by atoms with Gasteiger partial charge in [-0.15, -0.1) is 0 Å². The van der Waals surface area contributed by atoms with Crippen molar-refractivity contribution in [1.29, 1.82) is 5.26 Å². The largest absolute Gasteiger partial charge is 0.467 e. The molecule has 0 spiro atoms. The number of nitrogens with one attached hydrogen (secondary N) is 2. The molecular weight excluding hydrogens is 674 g/mol. The van der Waals surface area contributed by atoms with E-state index in [2.05, 4.69) is 10.3 Å². The predicted octanol–water partition coefficient (Wildman–Crippen LogP) is 8.07. The molecule has 250 valence electrons. The molecule has 14 heteroatoms. The molecule has 0 unspecified atom stereocenters. The van der Waals surface area contributed by atoms with Crippen molar-refractivity contribution >= 4 is 40.1 Å². The third-order valence-electron chi connectivity index (χ3n) is 7.55. The lowest BCUT2D eigenvalue weighted by atomic mass is 9.94. The lowest BCUT2D eigenvalue weighted by Gasteiger charge is -2.23. The van der Waals surface area contributed by atoms with E-state index in [-0.39, 0.29) is 6.42 Å². The summed E-state index contributed by atoms with van der Waals surface area (Å²) in [6.45, 7) is 0. The van der Waals surface area contributed by atoms with Crippen molar-refractivity contribution in [1.82, 2.24) is 10.3 Å². The Morgan fingerprint density at radius 3 is 2.31 bits per heavy atom. The third kappa shape index (κ3) is 7.60. The van der Waals surface area contributed by atoms with Gasteiger partial charge in [0.25, 0.3) is 5.91 Å². The van der Waals surface area contributed by atoms with E-state index in [1.54, 1.807) is 36.4 Å². The number of rotatable bonds is 9. The van der Waals surface area contributed by atoms with Gasteiger partial charge in [-0.3, -0.25) is 9.78 Å². The van der Waals surface area contributed by atoms with Crippen LogP contribution in [-0.4, -0.2) is 36.2 Å². The Bertz CT molecular complexity index is 2100. The molecular formula is C35H23ClF6N4O3. The number of anilines is 1. The number of alkyl halides is 3. The number of halogens is 7. The molecule has 49 heavy (non-hydrogen) atoms. The second-order valence-corrected chi connectivity index (χ2v) is 11.1. The van der Waals surface area contributed by atoms with E-state index in [0.29, 0.717) is 56.4 Å². The zero-order valence-corrected chi connectivity index (χ0v) is 26.0. The summed E-state index contributed by atoms with van der Waals surface area (Å²) in [5.41, 5.74) is 0.112. The monoisotopic (exact) mass is 696 g/mol. The Morgan fingerprint density at radius 2 is 1.67 bits per heavy atom. The Hall–Kier alpha value is -5.61. The highest BCUT2D eigenvalue weighted by Crippen LogP contribution is 2.37. The van der Waals surface area contributed by atoms with E-state index < -0.39 is 64.4 Å².